The first-order valence-electron chi connectivity index (χ1n) is 9.67. The lowest BCUT2D eigenvalue weighted by Gasteiger charge is -2.02. The van der Waals surface area contributed by atoms with Crippen molar-refractivity contribution in [3.63, 3.8) is 0 Å². The molecule has 0 aliphatic rings. The van der Waals surface area contributed by atoms with Gasteiger partial charge in [-0.25, -0.2) is 14.3 Å². The van der Waals surface area contributed by atoms with Gasteiger partial charge in [-0.05, 0) is 23.8 Å². The number of aliphatic carboxylic acids is 1. The number of H-pyrrole nitrogens is 1. The Morgan fingerprint density at radius 3 is 2.54 bits per heavy atom. The minimum absolute atomic E-state index is 0.306. The van der Waals surface area contributed by atoms with Crippen LogP contribution in [0.25, 0.3) is 21.3 Å². The Hall–Kier alpha value is -3.85. The number of alkyl halides is 3. The summed E-state index contributed by atoms with van der Waals surface area (Å²) in [5, 5.41) is 19.0. The van der Waals surface area contributed by atoms with Crippen LogP contribution in [0.5, 0.6) is 0 Å². The fourth-order valence-corrected chi connectivity index (χ4v) is 3.85. The Morgan fingerprint density at radius 2 is 1.91 bits per heavy atom. The molecule has 0 saturated carbocycles. The van der Waals surface area contributed by atoms with Gasteiger partial charge in [0.2, 0.25) is 0 Å². The van der Waals surface area contributed by atoms with Gasteiger partial charge in [-0.1, -0.05) is 12.1 Å². The Morgan fingerprint density at radius 1 is 1.20 bits per heavy atom. The van der Waals surface area contributed by atoms with E-state index in [0.717, 1.165) is 30.9 Å². The molecule has 4 aromatic rings. The third-order valence-corrected chi connectivity index (χ3v) is 5.73. The molecule has 9 nitrogen and oxygen atoms in total. The molecular formula is C20H17F5N6O3S. The van der Waals surface area contributed by atoms with Crippen molar-refractivity contribution >= 4 is 28.2 Å². The number of nitrogens with zero attached hydrogens (tertiary/aromatic N) is 4. The van der Waals surface area contributed by atoms with E-state index in [0.29, 0.717) is 6.54 Å². The van der Waals surface area contributed by atoms with Gasteiger partial charge < -0.3 is 10.8 Å². The second-order valence-corrected chi connectivity index (χ2v) is 8.18. The molecule has 15 heteroatoms. The van der Waals surface area contributed by atoms with Crippen LogP contribution in [0, 0.1) is 0 Å². The van der Waals surface area contributed by atoms with Crippen LogP contribution in [0.4, 0.5) is 22.0 Å². The number of benzene rings is 1. The average molecular weight is 516 g/mol. The van der Waals surface area contributed by atoms with Crippen LogP contribution >= 0.6 is 11.3 Å². The minimum atomic E-state index is -5.08. The first-order valence-corrected chi connectivity index (χ1v) is 10.5. The van der Waals surface area contributed by atoms with Gasteiger partial charge in [0.25, 0.3) is 6.08 Å². The molecule has 1 aromatic carbocycles. The maximum absolute atomic E-state index is 12.8. The van der Waals surface area contributed by atoms with E-state index in [1.54, 1.807) is 17.5 Å². The highest BCUT2D eigenvalue weighted by Gasteiger charge is 2.38. The number of carboxylic acid groups (broad SMARTS) is 1. The lowest BCUT2D eigenvalue weighted by Crippen LogP contribution is -2.27. The molecule has 0 unspecified atom stereocenters. The van der Waals surface area contributed by atoms with E-state index >= 15 is 0 Å². The van der Waals surface area contributed by atoms with E-state index in [1.807, 2.05) is 30.3 Å². The lowest BCUT2D eigenvalue weighted by molar-refractivity contribution is -0.192. The van der Waals surface area contributed by atoms with E-state index < -0.39 is 23.9 Å². The van der Waals surface area contributed by atoms with Crippen LogP contribution in [-0.4, -0.2) is 48.3 Å². The number of carboxylic acids is 1. The molecule has 186 valence electrons. The molecule has 0 aliphatic heterocycles. The normalized spacial score (nSPS) is 11.3. The van der Waals surface area contributed by atoms with Crippen molar-refractivity contribution in [2.45, 2.75) is 19.3 Å². The molecule has 4 rings (SSSR count). The number of thiophene rings is 1. The predicted molar refractivity (Wildman–Crippen MR) is 117 cm³/mol. The third-order valence-electron chi connectivity index (χ3n) is 4.61. The van der Waals surface area contributed by atoms with Crippen molar-refractivity contribution in [2.75, 3.05) is 6.54 Å². The zero-order valence-electron chi connectivity index (χ0n) is 17.6. The topological polar surface area (TPSA) is 132 Å². The van der Waals surface area contributed by atoms with Crippen molar-refractivity contribution < 1.29 is 31.9 Å². The largest absolute Gasteiger partial charge is 0.490 e. The Balaban J connectivity index is 0.000000429. The molecule has 0 fully saturated rings. The first-order chi connectivity index (χ1) is 16.5. The van der Waals surface area contributed by atoms with Crippen LogP contribution in [0.1, 0.15) is 4.88 Å². The van der Waals surface area contributed by atoms with E-state index in [-0.39, 0.29) is 18.7 Å². The minimum Gasteiger partial charge on any atom is -0.475 e. The second kappa shape index (κ2) is 10.6. The zero-order chi connectivity index (χ0) is 25.8. The summed E-state index contributed by atoms with van der Waals surface area (Å²) in [6.45, 7) is -0.323. The number of aromatic nitrogens is 5. The quantitative estimate of drug-likeness (QED) is 0.337. The SMILES string of the molecule is NCC(Cn1ncn(Cc2ccc(-c3ccc4cn[nH]c4c3)s2)c1=O)=C(F)F.O=C(O)C(F)(F)F. The summed E-state index contributed by atoms with van der Waals surface area (Å²) in [5.74, 6) is -2.76. The number of rotatable bonds is 6. The van der Waals surface area contributed by atoms with Crippen LogP contribution in [0.3, 0.4) is 0 Å². The number of aromatic amines is 1. The fraction of sp³-hybridized carbons (Fsp3) is 0.200. The van der Waals surface area contributed by atoms with E-state index in [4.69, 9.17) is 15.6 Å². The highest BCUT2D eigenvalue weighted by molar-refractivity contribution is 7.15. The van der Waals surface area contributed by atoms with Gasteiger partial charge in [-0.15, -0.1) is 11.3 Å². The zero-order valence-corrected chi connectivity index (χ0v) is 18.4. The standard InChI is InChI=1S/C18H16F2N6OS.C2HF3O2/c19-17(20)13(6-21)8-26-18(27)25(10-23-26)9-14-3-4-16(28-14)11-1-2-12-7-22-24-15(12)5-11;3-2(4,5)1(6)7/h1-5,7,10H,6,8-9,21H2,(H,22,24);(H,6,7). The Bertz CT molecular complexity index is 1410. The summed E-state index contributed by atoms with van der Waals surface area (Å²) in [6, 6.07) is 9.96. The molecule has 0 aliphatic carbocycles. The number of carbonyl (C=O) groups is 1. The molecule has 3 heterocycles. The monoisotopic (exact) mass is 516 g/mol. The number of hydrogen-bond acceptors (Lipinski definition) is 6. The molecule has 0 spiro atoms. The number of hydrogen-bond donors (Lipinski definition) is 3. The van der Waals surface area contributed by atoms with Crippen molar-refractivity contribution in [1.29, 1.82) is 0 Å². The van der Waals surface area contributed by atoms with E-state index in [1.165, 1.54) is 10.9 Å². The number of halogens is 5. The van der Waals surface area contributed by atoms with Gasteiger partial charge in [-0.3, -0.25) is 9.67 Å². The van der Waals surface area contributed by atoms with Crippen LogP contribution in [0.2, 0.25) is 0 Å². The van der Waals surface area contributed by atoms with Gasteiger partial charge in [0.1, 0.15) is 6.33 Å². The summed E-state index contributed by atoms with van der Waals surface area (Å²) >= 11 is 1.55. The maximum atomic E-state index is 12.8. The van der Waals surface area contributed by atoms with Crippen molar-refractivity contribution in [1.82, 2.24) is 24.5 Å². The first kappa shape index (κ1) is 25.8. The third kappa shape index (κ3) is 6.39. The van der Waals surface area contributed by atoms with Crippen LogP contribution in [0.15, 0.2) is 59.3 Å². The van der Waals surface area contributed by atoms with Crippen LogP contribution < -0.4 is 11.4 Å². The van der Waals surface area contributed by atoms with Gasteiger partial charge in [0.05, 0.1) is 24.8 Å². The Labute approximate surface area is 196 Å². The highest BCUT2D eigenvalue weighted by Crippen LogP contribution is 2.30. The van der Waals surface area contributed by atoms with Gasteiger partial charge in [-0.2, -0.15) is 32.1 Å². The van der Waals surface area contributed by atoms with E-state index in [2.05, 4.69) is 15.3 Å². The maximum Gasteiger partial charge on any atom is 0.490 e. The van der Waals surface area contributed by atoms with Gasteiger partial charge in [0.15, 0.2) is 0 Å². The summed E-state index contributed by atoms with van der Waals surface area (Å²) in [5.41, 5.74) is 6.53. The molecule has 35 heavy (non-hydrogen) atoms. The lowest BCUT2D eigenvalue weighted by atomic mass is 10.1. The fourth-order valence-electron chi connectivity index (χ4n) is 2.85. The number of nitrogens with one attached hydrogen (secondary N) is 1. The molecule has 0 bridgehead atoms. The molecule has 0 saturated heterocycles. The van der Waals surface area contributed by atoms with Crippen molar-refractivity contribution in [2.24, 2.45) is 5.73 Å². The molecule has 0 atom stereocenters. The highest BCUT2D eigenvalue weighted by atomic mass is 32.1. The summed E-state index contributed by atoms with van der Waals surface area (Å²) < 4.78 is 59.6. The number of nitrogens with two attached hydrogens (primary N) is 1. The molecule has 0 radical (unpaired) electrons. The smallest absolute Gasteiger partial charge is 0.475 e. The van der Waals surface area contributed by atoms with Gasteiger partial charge in [0, 0.05) is 27.3 Å². The molecule has 4 N–H and O–H groups in total. The number of fused-ring (bicyclic) bond motifs is 1. The average Bonchev–Trinajstić information content (AvgIpc) is 3.53. The van der Waals surface area contributed by atoms with E-state index in [9.17, 15) is 26.7 Å². The Kier molecular flexibility index (Phi) is 7.81. The summed E-state index contributed by atoms with van der Waals surface area (Å²) in [6.07, 6.45) is -3.84. The van der Waals surface area contributed by atoms with Crippen LogP contribution in [-0.2, 0) is 17.9 Å². The second-order valence-electron chi connectivity index (χ2n) is 7.01. The summed E-state index contributed by atoms with van der Waals surface area (Å²) in [4.78, 5) is 23.3. The molecular weight excluding hydrogens is 499 g/mol. The van der Waals surface area contributed by atoms with Crippen molar-refractivity contribution in [3.05, 3.63) is 69.9 Å². The predicted octanol–water partition coefficient (Wildman–Crippen LogP) is 3.44. The van der Waals surface area contributed by atoms with Gasteiger partial charge >= 0.3 is 17.8 Å². The molecule has 0 amide bonds. The summed E-state index contributed by atoms with van der Waals surface area (Å²) in [7, 11) is 0. The van der Waals surface area contributed by atoms with Crippen molar-refractivity contribution in [3.8, 4) is 10.4 Å². The molecule has 3 aromatic heterocycles.